The van der Waals surface area contributed by atoms with Crippen LogP contribution in [0.1, 0.15) is 0 Å². The number of para-hydroxylation sites is 6. The molecule has 0 aliphatic heterocycles. The maximum atomic E-state index is 8.00. The van der Waals surface area contributed by atoms with Crippen molar-refractivity contribution >= 4 is 49.3 Å². The fraction of sp³-hybridized carbons (Fsp3) is 0. The van der Waals surface area contributed by atoms with Crippen LogP contribution in [0, 0.1) is 6.57 Å². The van der Waals surface area contributed by atoms with Gasteiger partial charge in [-0.2, -0.15) is 0 Å². The van der Waals surface area contributed by atoms with E-state index >= 15 is 0 Å². The molecule has 0 aliphatic carbocycles. The van der Waals surface area contributed by atoms with Crippen molar-refractivity contribution in [3.8, 4) is 33.6 Å². The van der Waals surface area contributed by atoms with Crippen LogP contribution in [0.5, 0.6) is 0 Å². The summed E-state index contributed by atoms with van der Waals surface area (Å²) >= 11 is 0. The van der Waals surface area contributed by atoms with Crippen molar-refractivity contribution < 1.29 is 0 Å². The molecule has 0 spiro atoms. The SMILES string of the molecule is [C-]#[N+]c1ccccc1-n1c2ccccc2c2cccc(-c3cccc4c5ccc(-c6ccccc6)cc5n(-c5ccccc5)c34)c21. The Morgan fingerprint density at radius 1 is 0.413 bits per heavy atom. The predicted molar refractivity (Wildman–Crippen MR) is 192 cm³/mol. The summed E-state index contributed by atoms with van der Waals surface area (Å²) < 4.78 is 4.71. The van der Waals surface area contributed by atoms with Gasteiger partial charge in [-0.25, -0.2) is 4.85 Å². The highest BCUT2D eigenvalue weighted by Crippen LogP contribution is 2.44. The summed E-state index contributed by atoms with van der Waals surface area (Å²) in [5.74, 6) is 0. The Labute approximate surface area is 266 Å². The first kappa shape index (κ1) is 26.1. The highest BCUT2D eigenvalue weighted by atomic mass is 15.0. The summed E-state index contributed by atoms with van der Waals surface area (Å²) in [5, 5.41) is 4.75. The zero-order valence-electron chi connectivity index (χ0n) is 24.9. The standard InChI is InChI=1S/C43H27N3/c1-44-38-23-9-11-25-40(38)46-39-24-10-8-18-32(39)34-19-12-22-37(43(34)46)36-21-13-20-35-33-27-26-30(29-14-4-2-5-15-29)28-41(33)45(42(35)36)31-16-6-3-7-17-31/h2-28H. The van der Waals surface area contributed by atoms with Gasteiger partial charge in [0, 0.05) is 38.4 Å². The summed E-state index contributed by atoms with van der Waals surface area (Å²) in [5.41, 5.74) is 11.8. The van der Waals surface area contributed by atoms with Gasteiger partial charge in [0.2, 0.25) is 5.69 Å². The van der Waals surface area contributed by atoms with Crippen LogP contribution < -0.4 is 0 Å². The average Bonchev–Trinajstić information content (AvgIpc) is 3.65. The molecule has 7 aromatic carbocycles. The minimum Gasteiger partial charge on any atom is -0.318 e. The molecular weight excluding hydrogens is 558 g/mol. The summed E-state index contributed by atoms with van der Waals surface area (Å²) in [6, 6.07) is 57.8. The molecule has 0 radical (unpaired) electrons. The van der Waals surface area contributed by atoms with Gasteiger partial charge < -0.3 is 9.13 Å². The van der Waals surface area contributed by atoms with Gasteiger partial charge in [-0.1, -0.05) is 133 Å². The van der Waals surface area contributed by atoms with E-state index in [9.17, 15) is 0 Å². The molecule has 0 atom stereocenters. The van der Waals surface area contributed by atoms with Gasteiger partial charge in [0.15, 0.2) is 0 Å². The van der Waals surface area contributed by atoms with E-state index in [-0.39, 0.29) is 0 Å². The van der Waals surface area contributed by atoms with E-state index in [4.69, 9.17) is 6.57 Å². The third-order valence-electron chi connectivity index (χ3n) is 9.14. The molecule has 46 heavy (non-hydrogen) atoms. The van der Waals surface area contributed by atoms with E-state index < -0.39 is 0 Å². The molecule has 0 bridgehead atoms. The predicted octanol–water partition coefficient (Wildman–Crippen LogP) is 11.8. The van der Waals surface area contributed by atoms with Crippen molar-refractivity contribution in [3.63, 3.8) is 0 Å². The lowest BCUT2D eigenvalue weighted by atomic mass is 9.98. The van der Waals surface area contributed by atoms with E-state index in [1.165, 1.54) is 38.2 Å². The molecule has 0 saturated heterocycles. The van der Waals surface area contributed by atoms with Gasteiger partial charge in [0.1, 0.15) is 0 Å². The fourth-order valence-corrected chi connectivity index (χ4v) is 7.17. The Bertz CT molecular complexity index is 2630. The quantitative estimate of drug-likeness (QED) is 0.182. The summed E-state index contributed by atoms with van der Waals surface area (Å²) in [7, 11) is 0. The van der Waals surface area contributed by atoms with Gasteiger partial charge in [-0.05, 0) is 41.5 Å². The molecule has 0 saturated carbocycles. The minimum absolute atomic E-state index is 0.630. The Hall–Kier alpha value is -6.37. The fourth-order valence-electron chi connectivity index (χ4n) is 7.17. The first-order valence-electron chi connectivity index (χ1n) is 15.5. The molecule has 3 nitrogen and oxygen atoms in total. The molecule has 0 N–H and O–H groups in total. The van der Waals surface area contributed by atoms with E-state index in [2.05, 4.69) is 160 Å². The number of rotatable bonds is 4. The Balaban J connectivity index is 1.44. The van der Waals surface area contributed by atoms with Crippen molar-refractivity contribution in [2.24, 2.45) is 0 Å². The Morgan fingerprint density at radius 3 is 1.74 bits per heavy atom. The van der Waals surface area contributed by atoms with Crippen LogP contribution in [-0.4, -0.2) is 9.13 Å². The topological polar surface area (TPSA) is 14.2 Å². The number of fused-ring (bicyclic) bond motifs is 6. The van der Waals surface area contributed by atoms with Crippen LogP contribution in [0.2, 0.25) is 0 Å². The van der Waals surface area contributed by atoms with Gasteiger partial charge in [-0.3, -0.25) is 0 Å². The van der Waals surface area contributed by atoms with Crippen molar-refractivity contribution in [1.29, 1.82) is 0 Å². The monoisotopic (exact) mass is 585 g/mol. The summed E-state index contributed by atoms with van der Waals surface area (Å²) in [6.45, 7) is 8.00. The molecule has 0 aliphatic rings. The smallest absolute Gasteiger partial charge is 0.210 e. The number of nitrogens with zero attached hydrogens (tertiary/aromatic N) is 3. The molecule has 214 valence electrons. The lowest BCUT2D eigenvalue weighted by molar-refractivity contribution is 1.18. The van der Waals surface area contributed by atoms with Gasteiger partial charge in [0.05, 0.1) is 34.3 Å². The van der Waals surface area contributed by atoms with E-state index in [1.54, 1.807) is 0 Å². The first-order valence-corrected chi connectivity index (χ1v) is 15.5. The molecule has 2 aromatic heterocycles. The summed E-state index contributed by atoms with van der Waals surface area (Å²) in [6.07, 6.45) is 0. The van der Waals surface area contributed by atoms with Crippen LogP contribution in [0.15, 0.2) is 164 Å². The molecule has 0 amide bonds. The molecule has 2 heterocycles. The van der Waals surface area contributed by atoms with Crippen molar-refractivity contribution in [2.45, 2.75) is 0 Å². The van der Waals surface area contributed by atoms with Gasteiger partial charge in [-0.15, -0.1) is 0 Å². The highest BCUT2D eigenvalue weighted by Gasteiger charge is 2.22. The number of aromatic nitrogens is 2. The molecular formula is C43H27N3. The lowest BCUT2D eigenvalue weighted by Gasteiger charge is -2.15. The maximum Gasteiger partial charge on any atom is 0.210 e. The first-order chi connectivity index (χ1) is 22.8. The molecule has 0 unspecified atom stereocenters. The zero-order valence-corrected chi connectivity index (χ0v) is 24.9. The van der Waals surface area contributed by atoms with Crippen LogP contribution in [0.25, 0.3) is 82.1 Å². The number of benzene rings is 7. The summed E-state index contributed by atoms with van der Waals surface area (Å²) in [4.78, 5) is 3.93. The third-order valence-corrected chi connectivity index (χ3v) is 9.14. The Kier molecular flexibility index (Phi) is 5.88. The van der Waals surface area contributed by atoms with Crippen molar-refractivity contribution in [2.75, 3.05) is 0 Å². The van der Waals surface area contributed by atoms with Crippen LogP contribution in [0.3, 0.4) is 0 Å². The van der Waals surface area contributed by atoms with Crippen LogP contribution >= 0.6 is 0 Å². The number of hydrogen-bond donors (Lipinski definition) is 0. The van der Waals surface area contributed by atoms with Crippen LogP contribution in [0.4, 0.5) is 5.69 Å². The average molecular weight is 586 g/mol. The molecule has 9 aromatic rings. The molecule has 0 fully saturated rings. The normalized spacial score (nSPS) is 11.5. The van der Waals surface area contributed by atoms with Gasteiger partial charge >= 0.3 is 0 Å². The second-order valence-corrected chi connectivity index (χ2v) is 11.6. The van der Waals surface area contributed by atoms with Crippen molar-refractivity contribution in [3.05, 3.63) is 175 Å². The van der Waals surface area contributed by atoms with Crippen LogP contribution in [-0.2, 0) is 0 Å². The second-order valence-electron chi connectivity index (χ2n) is 11.6. The third kappa shape index (κ3) is 3.84. The largest absolute Gasteiger partial charge is 0.318 e. The second kappa shape index (κ2) is 10.4. The minimum atomic E-state index is 0.630. The Morgan fingerprint density at radius 2 is 1.00 bits per heavy atom. The lowest BCUT2D eigenvalue weighted by Crippen LogP contribution is -1.98. The zero-order chi connectivity index (χ0) is 30.6. The molecule has 3 heteroatoms. The number of hydrogen-bond acceptors (Lipinski definition) is 0. The van der Waals surface area contributed by atoms with Gasteiger partial charge in [0.25, 0.3) is 0 Å². The van der Waals surface area contributed by atoms with E-state index in [1.807, 2.05) is 18.2 Å². The maximum absolute atomic E-state index is 8.00. The molecule has 9 rings (SSSR count). The van der Waals surface area contributed by atoms with Crippen molar-refractivity contribution in [1.82, 2.24) is 9.13 Å². The van der Waals surface area contributed by atoms with E-state index in [0.29, 0.717) is 5.69 Å². The highest BCUT2D eigenvalue weighted by molar-refractivity contribution is 6.19. The van der Waals surface area contributed by atoms with E-state index in [0.717, 1.165) is 39.1 Å².